The normalized spacial score (nSPS) is 17.2. The summed E-state index contributed by atoms with van der Waals surface area (Å²) in [5, 5.41) is 3.01. The van der Waals surface area contributed by atoms with E-state index in [-0.39, 0.29) is 23.3 Å². The number of nitrogens with one attached hydrogen (secondary N) is 1. The highest BCUT2D eigenvalue weighted by molar-refractivity contribution is 8.00. The van der Waals surface area contributed by atoms with E-state index < -0.39 is 0 Å². The van der Waals surface area contributed by atoms with E-state index in [1.165, 1.54) is 0 Å². The van der Waals surface area contributed by atoms with E-state index in [2.05, 4.69) is 26.1 Å². The smallest absolute Gasteiger partial charge is 0.410 e. The van der Waals surface area contributed by atoms with E-state index in [9.17, 15) is 9.59 Å². The lowest BCUT2D eigenvalue weighted by Crippen LogP contribution is -2.39. The quantitative estimate of drug-likeness (QED) is 0.462. The highest BCUT2D eigenvalue weighted by Gasteiger charge is 2.31. The summed E-state index contributed by atoms with van der Waals surface area (Å²) in [6.07, 6.45) is 2.56. The van der Waals surface area contributed by atoms with Gasteiger partial charge in [-0.2, -0.15) is 11.8 Å². The third-order valence-corrected chi connectivity index (χ3v) is 7.32. The summed E-state index contributed by atoms with van der Waals surface area (Å²) < 4.78 is 5.53. The molecule has 0 radical (unpaired) electrons. The SMILES string of the molecule is CCSCCNC(=O)C(CC(C)C)SCC1CCCN1C(=O)OCc1ccccc1. The summed E-state index contributed by atoms with van der Waals surface area (Å²) in [4.78, 5) is 27.1. The van der Waals surface area contributed by atoms with Crippen LogP contribution in [-0.4, -0.2) is 58.5 Å². The summed E-state index contributed by atoms with van der Waals surface area (Å²) in [6, 6.07) is 9.89. The van der Waals surface area contributed by atoms with Gasteiger partial charge in [-0.05, 0) is 36.5 Å². The molecule has 0 aromatic heterocycles. The maximum Gasteiger partial charge on any atom is 0.410 e. The van der Waals surface area contributed by atoms with Gasteiger partial charge in [0.15, 0.2) is 0 Å². The Morgan fingerprint density at radius 2 is 2.03 bits per heavy atom. The van der Waals surface area contributed by atoms with Gasteiger partial charge >= 0.3 is 6.09 Å². The van der Waals surface area contributed by atoms with Crippen LogP contribution in [0.3, 0.4) is 0 Å². The average Bonchev–Trinajstić information content (AvgIpc) is 3.21. The molecule has 2 atom stereocenters. The van der Waals surface area contributed by atoms with Crippen molar-refractivity contribution in [2.24, 2.45) is 5.92 Å². The maximum absolute atomic E-state index is 12.7. The van der Waals surface area contributed by atoms with Crippen LogP contribution in [0.4, 0.5) is 4.79 Å². The van der Waals surface area contributed by atoms with Gasteiger partial charge in [-0.1, -0.05) is 51.1 Å². The van der Waals surface area contributed by atoms with Gasteiger partial charge in [0.2, 0.25) is 5.91 Å². The van der Waals surface area contributed by atoms with Gasteiger partial charge in [0, 0.05) is 30.6 Å². The summed E-state index contributed by atoms with van der Waals surface area (Å²) in [5.74, 6) is 3.37. The number of thioether (sulfide) groups is 2. The topological polar surface area (TPSA) is 58.6 Å². The molecule has 1 aromatic rings. The fraction of sp³-hybridized carbons (Fsp3) is 0.652. The fourth-order valence-electron chi connectivity index (χ4n) is 3.46. The molecule has 168 valence electrons. The number of carbonyl (C=O) groups is 2. The van der Waals surface area contributed by atoms with Crippen molar-refractivity contribution in [1.29, 1.82) is 0 Å². The van der Waals surface area contributed by atoms with Crippen molar-refractivity contribution in [3.63, 3.8) is 0 Å². The largest absolute Gasteiger partial charge is 0.445 e. The van der Waals surface area contributed by atoms with Gasteiger partial charge in [0.25, 0.3) is 0 Å². The molecule has 2 unspecified atom stereocenters. The van der Waals surface area contributed by atoms with Crippen molar-refractivity contribution < 1.29 is 14.3 Å². The van der Waals surface area contributed by atoms with Gasteiger partial charge in [0.05, 0.1) is 5.25 Å². The molecule has 1 aliphatic rings. The van der Waals surface area contributed by atoms with Crippen molar-refractivity contribution in [3.05, 3.63) is 35.9 Å². The van der Waals surface area contributed by atoms with Crippen LogP contribution in [0.1, 0.15) is 45.6 Å². The van der Waals surface area contributed by atoms with Crippen molar-refractivity contribution >= 4 is 35.5 Å². The minimum atomic E-state index is -0.247. The van der Waals surface area contributed by atoms with Gasteiger partial charge in [-0.15, -0.1) is 11.8 Å². The Bertz CT molecular complexity index is 643. The van der Waals surface area contributed by atoms with Gasteiger partial charge < -0.3 is 15.0 Å². The molecule has 0 aliphatic carbocycles. The number of amides is 2. The fourth-order valence-corrected chi connectivity index (χ4v) is 5.55. The van der Waals surface area contributed by atoms with Crippen LogP contribution in [0.25, 0.3) is 0 Å². The minimum Gasteiger partial charge on any atom is -0.445 e. The Balaban J connectivity index is 1.83. The minimum absolute atomic E-state index is 0.0700. The molecule has 0 spiro atoms. The van der Waals surface area contributed by atoms with Crippen molar-refractivity contribution in [1.82, 2.24) is 10.2 Å². The highest BCUT2D eigenvalue weighted by atomic mass is 32.2. The Kier molecular flexibility index (Phi) is 11.5. The van der Waals surface area contributed by atoms with Crippen molar-refractivity contribution in [2.75, 3.05) is 30.3 Å². The molecule has 1 saturated heterocycles. The van der Waals surface area contributed by atoms with Crippen LogP contribution in [0.2, 0.25) is 0 Å². The molecule has 1 aromatic carbocycles. The molecule has 0 bridgehead atoms. The first-order valence-electron chi connectivity index (χ1n) is 11.0. The Morgan fingerprint density at radius 3 is 2.73 bits per heavy atom. The molecule has 5 nitrogen and oxygen atoms in total. The van der Waals surface area contributed by atoms with Crippen LogP contribution in [-0.2, 0) is 16.1 Å². The molecule has 1 N–H and O–H groups in total. The highest BCUT2D eigenvalue weighted by Crippen LogP contribution is 2.27. The Hall–Kier alpha value is -1.34. The zero-order chi connectivity index (χ0) is 21.8. The van der Waals surface area contributed by atoms with Crippen LogP contribution < -0.4 is 5.32 Å². The molecular weight excluding hydrogens is 416 g/mol. The Labute approximate surface area is 190 Å². The third-order valence-electron chi connectivity index (χ3n) is 5.03. The zero-order valence-electron chi connectivity index (χ0n) is 18.5. The van der Waals surface area contributed by atoms with Gasteiger partial charge in [-0.25, -0.2) is 4.79 Å². The second-order valence-corrected chi connectivity index (χ2v) is 10.6. The molecule has 2 amide bonds. The van der Waals surface area contributed by atoms with Gasteiger partial charge in [-0.3, -0.25) is 4.79 Å². The maximum atomic E-state index is 12.7. The van der Waals surface area contributed by atoms with E-state index in [0.717, 1.165) is 48.6 Å². The monoisotopic (exact) mass is 452 g/mol. The molecule has 7 heteroatoms. The zero-order valence-corrected chi connectivity index (χ0v) is 20.1. The lowest BCUT2D eigenvalue weighted by atomic mass is 10.1. The number of rotatable bonds is 12. The van der Waals surface area contributed by atoms with E-state index in [1.54, 1.807) is 11.8 Å². The lowest BCUT2D eigenvalue weighted by Gasteiger charge is -2.26. The first-order chi connectivity index (χ1) is 14.5. The van der Waals surface area contributed by atoms with Crippen LogP contribution in [0, 0.1) is 5.92 Å². The van der Waals surface area contributed by atoms with Crippen LogP contribution in [0.15, 0.2) is 30.3 Å². The molecule has 1 heterocycles. The summed E-state index contributed by atoms with van der Waals surface area (Å²) in [5.41, 5.74) is 0.992. The predicted octanol–water partition coefficient (Wildman–Crippen LogP) is 4.80. The molecule has 0 saturated carbocycles. The standard InChI is InChI=1S/C23H36N2O3S2/c1-4-29-14-12-24-22(26)21(15-18(2)3)30-17-20-11-8-13-25(20)23(27)28-16-19-9-6-5-7-10-19/h5-7,9-10,18,20-21H,4,8,11-17H2,1-3H3,(H,24,26). The van der Waals surface area contributed by atoms with Crippen molar-refractivity contribution in [2.45, 2.75) is 57.9 Å². The van der Waals surface area contributed by atoms with E-state index in [4.69, 9.17) is 4.74 Å². The van der Waals surface area contributed by atoms with E-state index >= 15 is 0 Å². The first kappa shape index (κ1) is 24.9. The summed E-state index contributed by atoms with van der Waals surface area (Å²) >= 11 is 3.52. The van der Waals surface area contributed by atoms with Gasteiger partial charge in [0.1, 0.15) is 6.61 Å². The molecular formula is C23H36N2O3S2. The second-order valence-electron chi connectivity index (χ2n) is 7.97. The van der Waals surface area contributed by atoms with Crippen LogP contribution >= 0.6 is 23.5 Å². The molecule has 1 aliphatic heterocycles. The number of carbonyl (C=O) groups excluding carboxylic acids is 2. The Morgan fingerprint density at radius 1 is 1.27 bits per heavy atom. The summed E-state index contributed by atoms with van der Waals surface area (Å²) in [6.45, 7) is 8.17. The number of hydrogen-bond donors (Lipinski definition) is 1. The predicted molar refractivity (Wildman–Crippen MR) is 128 cm³/mol. The number of ether oxygens (including phenoxy) is 1. The number of likely N-dealkylation sites (tertiary alicyclic amines) is 1. The van der Waals surface area contributed by atoms with E-state index in [1.807, 2.05) is 47.0 Å². The third kappa shape index (κ3) is 8.80. The number of benzene rings is 1. The van der Waals surface area contributed by atoms with E-state index in [0.29, 0.717) is 19.1 Å². The average molecular weight is 453 g/mol. The van der Waals surface area contributed by atoms with Crippen LogP contribution in [0.5, 0.6) is 0 Å². The second kappa shape index (κ2) is 13.9. The number of hydrogen-bond acceptors (Lipinski definition) is 5. The molecule has 2 rings (SSSR count). The molecule has 30 heavy (non-hydrogen) atoms. The number of nitrogens with zero attached hydrogens (tertiary/aromatic N) is 1. The summed E-state index contributed by atoms with van der Waals surface area (Å²) in [7, 11) is 0. The van der Waals surface area contributed by atoms with Crippen molar-refractivity contribution in [3.8, 4) is 0 Å². The lowest BCUT2D eigenvalue weighted by molar-refractivity contribution is -0.120. The first-order valence-corrected chi connectivity index (χ1v) is 13.2. The molecule has 1 fully saturated rings.